The number of aliphatic hydroxyl groups is 4. The van der Waals surface area contributed by atoms with Crippen molar-refractivity contribution in [2.75, 3.05) is 26.3 Å². The molecule has 21 nitrogen and oxygen atoms in total. The Hall–Kier alpha value is -3.74. The van der Waals surface area contributed by atoms with Gasteiger partial charge < -0.3 is 63.3 Å². The van der Waals surface area contributed by atoms with E-state index >= 15 is 0 Å². The molecular weight excluding hydrogens is 856 g/mol. The highest BCUT2D eigenvalue weighted by Gasteiger charge is 2.53. The summed E-state index contributed by atoms with van der Waals surface area (Å²) in [4.78, 5) is 61.5. The van der Waals surface area contributed by atoms with E-state index in [9.17, 15) is 44.9 Å². The number of hydrogen-bond acceptors (Lipinski definition) is 20. The molecule has 18 atom stereocenters. The third kappa shape index (κ3) is 12.4. The molecule has 2 bridgehead atoms. The van der Waals surface area contributed by atoms with Gasteiger partial charge in [0.25, 0.3) is 5.69 Å². The van der Waals surface area contributed by atoms with Crippen molar-refractivity contribution in [2.45, 2.75) is 184 Å². The molecule has 0 amide bonds. The number of likely N-dealkylation sites (N-methyl/N-ethyl adjacent to an activating group) is 1. The summed E-state index contributed by atoms with van der Waals surface area (Å²) in [5.74, 6) is -2.48. The van der Waals surface area contributed by atoms with Crippen LogP contribution in [0.5, 0.6) is 0 Å². The molecule has 0 aliphatic carbocycles. The summed E-state index contributed by atoms with van der Waals surface area (Å²) in [6.45, 7) is 11.5. The van der Waals surface area contributed by atoms with E-state index in [2.05, 4.69) is 4.98 Å². The number of aliphatic hydroxyl groups excluding tert-OH is 3. The van der Waals surface area contributed by atoms with Gasteiger partial charge >= 0.3 is 11.9 Å². The normalized spacial score (nSPS) is 39.8. The van der Waals surface area contributed by atoms with Gasteiger partial charge in [0, 0.05) is 38.4 Å². The molecule has 5 aliphatic rings. The summed E-state index contributed by atoms with van der Waals surface area (Å²) in [6, 6.07) is 0.0807. The lowest BCUT2D eigenvalue weighted by molar-refractivity contribution is -0.385. The number of rotatable bonds is 12. The molecule has 5 aliphatic heterocycles. The van der Waals surface area contributed by atoms with Gasteiger partial charge in [0.2, 0.25) is 0 Å². The number of aromatic nitrogens is 1. The smallest absolute Gasteiger partial charge is 0.308 e. The van der Waals surface area contributed by atoms with E-state index in [0.717, 1.165) is 6.20 Å². The van der Waals surface area contributed by atoms with Crippen molar-refractivity contribution in [1.82, 2.24) is 9.88 Å². The third-order valence-corrected chi connectivity index (χ3v) is 12.8. The van der Waals surface area contributed by atoms with E-state index < -0.39 is 133 Å². The van der Waals surface area contributed by atoms with Crippen LogP contribution in [0.4, 0.5) is 11.5 Å². The Bertz CT molecular complexity index is 1820. The second-order valence-electron chi connectivity index (χ2n) is 18.3. The van der Waals surface area contributed by atoms with Gasteiger partial charge in [-0.1, -0.05) is 26.0 Å². The van der Waals surface area contributed by atoms with Crippen molar-refractivity contribution < 1.29 is 77.7 Å². The Morgan fingerprint density at radius 3 is 2.37 bits per heavy atom. The number of aryl methyl sites for hydroxylation is 1. The van der Waals surface area contributed by atoms with Gasteiger partial charge in [-0.3, -0.25) is 24.5 Å². The van der Waals surface area contributed by atoms with Gasteiger partial charge in [-0.05, 0) is 73.0 Å². The number of hydroxylamine groups is 1. The molecule has 0 radical (unpaired) electrons. The quantitative estimate of drug-likeness (QED) is 0.0768. The van der Waals surface area contributed by atoms with Crippen LogP contribution in [0.15, 0.2) is 24.4 Å². The lowest BCUT2D eigenvalue weighted by atomic mass is 9.81. The lowest BCUT2D eigenvalue weighted by Crippen LogP contribution is -2.66. The minimum absolute atomic E-state index is 0.0690. The molecule has 3 saturated heterocycles. The Morgan fingerprint density at radius 1 is 1.06 bits per heavy atom. The number of esters is 2. The number of hydrogen-bond donors (Lipinski definition) is 4. The van der Waals surface area contributed by atoms with Gasteiger partial charge in [-0.15, -0.1) is 0 Å². The Labute approximate surface area is 379 Å². The molecule has 4 N–H and O–H groups in total. The van der Waals surface area contributed by atoms with Crippen molar-refractivity contribution in [3.05, 3.63) is 40.1 Å². The van der Waals surface area contributed by atoms with Crippen molar-refractivity contribution in [3.63, 3.8) is 0 Å². The largest absolute Gasteiger partial charge is 0.462 e. The first-order chi connectivity index (χ1) is 30.6. The summed E-state index contributed by atoms with van der Waals surface area (Å²) in [6.07, 6.45) is -9.40. The highest BCUT2D eigenvalue weighted by Crippen LogP contribution is 2.38. The molecule has 0 unspecified atom stereocenters. The van der Waals surface area contributed by atoms with Gasteiger partial charge in [-0.2, -0.15) is 0 Å². The monoisotopic (exact) mass is 924 g/mol. The van der Waals surface area contributed by atoms with Crippen LogP contribution in [-0.2, 0) is 52.4 Å². The fourth-order valence-corrected chi connectivity index (χ4v) is 9.41. The molecular formula is C44H68N4O17. The van der Waals surface area contributed by atoms with Crippen LogP contribution in [-0.4, -0.2) is 172 Å². The summed E-state index contributed by atoms with van der Waals surface area (Å²) in [7, 11) is 4.76. The zero-order valence-corrected chi connectivity index (χ0v) is 38.8. The van der Waals surface area contributed by atoms with Crippen LogP contribution >= 0.6 is 0 Å². The molecule has 0 spiro atoms. The van der Waals surface area contributed by atoms with Crippen LogP contribution in [0, 0.1) is 28.9 Å². The van der Waals surface area contributed by atoms with Crippen LogP contribution < -0.4 is 5.06 Å². The maximum absolute atomic E-state index is 13.5. The number of aldehydes is 1. The van der Waals surface area contributed by atoms with Gasteiger partial charge in [0.1, 0.15) is 48.6 Å². The van der Waals surface area contributed by atoms with E-state index in [1.165, 1.54) is 25.2 Å². The van der Waals surface area contributed by atoms with Crippen molar-refractivity contribution in [2.24, 2.45) is 11.8 Å². The number of anilines is 1. The van der Waals surface area contributed by atoms with E-state index in [1.54, 1.807) is 72.7 Å². The molecule has 366 valence electrons. The number of carbonyl (C=O) groups is 3. The van der Waals surface area contributed by atoms with E-state index in [4.69, 9.17) is 38.0 Å². The molecule has 65 heavy (non-hydrogen) atoms. The molecule has 0 aromatic carbocycles. The van der Waals surface area contributed by atoms with Crippen LogP contribution in [0.2, 0.25) is 0 Å². The van der Waals surface area contributed by atoms with E-state index in [1.807, 2.05) is 0 Å². The number of carbonyl (C=O) groups excluding carboxylic acids is 3. The predicted molar refractivity (Wildman–Crippen MR) is 229 cm³/mol. The van der Waals surface area contributed by atoms with Crippen LogP contribution in [0.25, 0.3) is 0 Å². The summed E-state index contributed by atoms with van der Waals surface area (Å²) < 4.78 is 42.6. The third-order valence-electron chi connectivity index (χ3n) is 12.8. The average Bonchev–Trinajstić information content (AvgIpc) is 3.22. The summed E-state index contributed by atoms with van der Waals surface area (Å²) >= 11 is 0. The highest BCUT2D eigenvalue weighted by molar-refractivity contribution is 5.70. The van der Waals surface area contributed by atoms with E-state index in [-0.39, 0.29) is 43.6 Å². The number of fused-ring (bicyclic) bond motifs is 12. The van der Waals surface area contributed by atoms with Crippen molar-refractivity contribution >= 4 is 29.7 Å². The number of pyridine rings is 1. The first-order valence-electron chi connectivity index (χ1n) is 22.3. The first-order valence-corrected chi connectivity index (χ1v) is 22.3. The molecule has 1 aromatic heterocycles. The maximum Gasteiger partial charge on any atom is 0.308 e. The second kappa shape index (κ2) is 22.4. The summed E-state index contributed by atoms with van der Waals surface area (Å²) in [5, 5.41) is 60.1. The minimum atomic E-state index is -1.55. The van der Waals surface area contributed by atoms with Crippen LogP contribution in [0.3, 0.4) is 0 Å². The molecule has 6 heterocycles. The zero-order valence-electron chi connectivity index (χ0n) is 38.8. The standard InChI is InChI=1S/C44H68N4O17/c1-11-33(51)62-42-26(6)60-35(20-44(42,7)55)63-39-25(5)61-43(38(54)36(39)46(8)9)64-40-27(14-15-49)16-23(3)37(53)31-13-12-28(18-24(4)59-34(52)19-30(50)41(40)58-10)47(65-31)32-17-22(2)29(21-45-32)48(56)57/h12-13,15,17,21,23-28,30-31,35-43,50,53-55H,11,14,16,18-20H2,1-10H3/t23-,24-,25-,26+,27+,28+,30-,31-,35+,36-,37-,38-,39-,40+,41+,42+,43+,44-/m1/s1. The molecule has 1 aromatic rings. The molecule has 6 rings (SSSR count). The first kappa shape index (κ1) is 52.2. The lowest BCUT2D eigenvalue weighted by Gasteiger charge is -2.50. The van der Waals surface area contributed by atoms with Gasteiger partial charge in [0.15, 0.2) is 24.5 Å². The van der Waals surface area contributed by atoms with Crippen molar-refractivity contribution in [1.29, 1.82) is 0 Å². The minimum Gasteiger partial charge on any atom is -0.462 e. The van der Waals surface area contributed by atoms with Gasteiger partial charge in [-0.25, -0.2) is 10.0 Å². The SMILES string of the molecule is CCC(=O)O[C@H]1[C@H](C)O[C@@H](O[C@H]2[C@H](N(C)C)[C@@H](O)[C@H](O[C@H]3[C@@H](CC=O)C[C@@H](C)[C@@H](O)[C@H]4C=C[C@@H](C[C@@H](C)OC(=O)C[C@@H](O)[C@@H]3OC)N(c3cc(C)c([N+](=O)[O-])cn3)O4)O[C@@H]2C)C[C@@]1(C)O. The fourth-order valence-electron chi connectivity index (χ4n) is 9.41. The molecule has 3 fully saturated rings. The molecule has 0 saturated carbocycles. The number of nitro groups is 1. The zero-order chi connectivity index (χ0) is 48.1. The highest BCUT2D eigenvalue weighted by atomic mass is 16.7. The fraction of sp³-hybridized carbons (Fsp3) is 0.773. The Morgan fingerprint density at radius 2 is 1.77 bits per heavy atom. The Balaban J connectivity index is 1.43. The van der Waals surface area contributed by atoms with Crippen LogP contribution in [0.1, 0.15) is 85.6 Å². The number of methoxy groups -OCH3 is 1. The number of nitrogens with zero attached hydrogens (tertiary/aromatic N) is 4. The maximum atomic E-state index is 13.5. The van der Waals surface area contributed by atoms with Gasteiger partial charge in [0.05, 0.1) is 53.9 Å². The topological polar surface area (TPSA) is 268 Å². The van der Waals surface area contributed by atoms with E-state index in [0.29, 0.717) is 11.8 Å². The number of ether oxygens (including phenoxy) is 7. The summed E-state index contributed by atoms with van der Waals surface area (Å²) in [5.41, 5.74) is -1.39. The Kier molecular flexibility index (Phi) is 18.0. The second-order valence-corrected chi connectivity index (χ2v) is 18.3. The predicted octanol–water partition coefficient (Wildman–Crippen LogP) is 2.05. The average molecular weight is 925 g/mol. The molecule has 21 heteroatoms. The van der Waals surface area contributed by atoms with Crippen molar-refractivity contribution in [3.8, 4) is 0 Å².